The SMILES string of the molecule is O=C(O)c1cc(Cc2ccccc2)ccc1CONC1CC[N+]12C(=O)C21CCC(Cc2ccccc2)CC1C(=O)O. The zero-order valence-corrected chi connectivity index (χ0v) is 22.9. The van der Waals surface area contributed by atoms with Gasteiger partial charge in [-0.3, -0.25) is 9.63 Å². The van der Waals surface area contributed by atoms with Crippen molar-refractivity contribution in [2.45, 2.75) is 56.8 Å². The van der Waals surface area contributed by atoms with E-state index in [2.05, 4.69) is 17.6 Å². The summed E-state index contributed by atoms with van der Waals surface area (Å²) < 4.78 is 0.115. The number of carboxylic acid groups (broad SMARTS) is 2. The molecule has 2 spiro atoms. The minimum absolute atomic E-state index is 0.00750. The molecule has 6 rings (SSSR count). The summed E-state index contributed by atoms with van der Waals surface area (Å²) in [6.07, 6.45) is 3.66. The van der Waals surface area contributed by atoms with E-state index in [-0.39, 0.29) is 34.6 Å². The highest BCUT2D eigenvalue weighted by molar-refractivity contribution is 5.98. The molecule has 0 aromatic heterocycles. The molecule has 2 saturated heterocycles. The van der Waals surface area contributed by atoms with Gasteiger partial charge < -0.3 is 10.2 Å². The van der Waals surface area contributed by atoms with Crippen molar-refractivity contribution in [1.82, 2.24) is 5.48 Å². The second-order valence-corrected chi connectivity index (χ2v) is 11.7. The third-order valence-electron chi connectivity index (χ3n) is 9.53. The molecular weight excluding hydrogens is 520 g/mol. The van der Waals surface area contributed by atoms with Crippen LogP contribution in [0.1, 0.15) is 58.3 Å². The summed E-state index contributed by atoms with van der Waals surface area (Å²) >= 11 is 0. The van der Waals surface area contributed by atoms with Gasteiger partial charge >= 0.3 is 17.8 Å². The third-order valence-corrected chi connectivity index (χ3v) is 9.53. The lowest BCUT2D eigenvalue weighted by molar-refractivity contribution is -0.879. The molecule has 1 aliphatic carbocycles. The van der Waals surface area contributed by atoms with E-state index < -0.39 is 23.4 Å². The fraction of sp³-hybridized carbons (Fsp3) is 0.364. The van der Waals surface area contributed by atoms with Crippen LogP contribution in [0.3, 0.4) is 0 Å². The van der Waals surface area contributed by atoms with Crippen molar-refractivity contribution in [2.24, 2.45) is 11.8 Å². The maximum Gasteiger partial charge on any atom is 0.378 e. The van der Waals surface area contributed by atoms with Crippen LogP contribution in [-0.2, 0) is 33.9 Å². The number of hydroxylamine groups is 1. The van der Waals surface area contributed by atoms with Crippen LogP contribution in [0, 0.1) is 11.8 Å². The number of nitrogens with one attached hydrogen (secondary N) is 1. The van der Waals surface area contributed by atoms with Crippen molar-refractivity contribution >= 4 is 17.8 Å². The molecule has 3 aromatic carbocycles. The Labute approximate surface area is 239 Å². The molecule has 0 bridgehead atoms. The highest BCUT2D eigenvalue weighted by Crippen LogP contribution is 2.63. The zero-order valence-electron chi connectivity index (χ0n) is 22.9. The predicted molar refractivity (Wildman–Crippen MR) is 150 cm³/mol. The Morgan fingerprint density at radius 1 is 0.927 bits per heavy atom. The molecule has 2 aliphatic heterocycles. The molecular formula is C33H35N2O6+. The second-order valence-electron chi connectivity index (χ2n) is 11.7. The lowest BCUT2D eigenvalue weighted by Gasteiger charge is -2.42. The fourth-order valence-corrected chi connectivity index (χ4v) is 7.37. The second kappa shape index (κ2) is 10.9. The van der Waals surface area contributed by atoms with Crippen LogP contribution in [-0.4, -0.2) is 50.8 Å². The molecule has 1 amide bonds. The van der Waals surface area contributed by atoms with Gasteiger partial charge in [-0.1, -0.05) is 72.8 Å². The van der Waals surface area contributed by atoms with Crippen LogP contribution in [0.25, 0.3) is 0 Å². The van der Waals surface area contributed by atoms with Gasteiger partial charge in [-0.15, -0.1) is 5.48 Å². The topological polar surface area (TPSA) is 113 Å². The first-order valence-electron chi connectivity index (χ1n) is 14.3. The number of amides is 1. The molecule has 5 atom stereocenters. The number of hydrogen-bond acceptors (Lipinski definition) is 5. The van der Waals surface area contributed by atoms with E-state index >= 15 is 0 Å². The third kappa shape index (κ3) is 4.76. The summed E-state index contributed by atoms with van der Waals surface area (Å²) in [5, 5.41) is 20.0. The van der Waals surface area contributed by atoms with Crippen LogP contribution in [0.15, 0.2) is 78.9 Å². The lowest BCUT2D eigenvalue weighted by atomic mass is 9.70. The highest BCUT2D eigenvalue weighted by atomic mass is 16.6. The molecule has 8 nitrogen and oxygen atoms in total. The first-order valence-corrected chi connectivity index (χ1v) is 14.3. The van der Waals surface area contributed by atoms with Gasteiger partial charge in [0, 0.05) is 6.42 Å². The molecule has 8 heteroatoms. The van der Waals surface area contributed by atoms with Crippen molar-refractivity contribution in [3.05, 3.63) is 107 Å². The van der Waals surface area contributed by atoms with E-state index in [1.807, 2.05) is 54.6 Å². The largest absolute Gasteiger partial charge is 0.481 e. The van der Waals surface area contributed by atoms with Crippen LogP contribution < -0.4 is 5.48 Å². The number of carboxylic acids is 2. The van der Waals surface area contributed by atoms with Crippen LogP contribution in [0.4, 0.5) is 0 Å². The molecule has 3 aliphatic rings. The summed E-state index contributed by atoms with van der Waals surface area (Å²) in [7, 11) is 0. The maximum absolute atomic E-state index is 13.5. The van der Waals surface area contributed by atoms with Crippen molar-refractivity contribution in [3.8, 4) is 0 Å². The quantitative estimate of drug-likeness (QED) is 0.191. The lowest BCUT2D eigenvalue weighted by Crippen LogP contribution is -2.64. The number of carbonyl (C=O) groups is 3. The molecule has 2 heterocycles. The van der Waals surface area contributed by atoms with Gasteiger partial charge in [0.1, 0.15) is 5.92 Å². The molecule has 41 heavy (non-hydrogen) atoms. The number of hydrogen-bond donors (Lipinski definition) is 3. The van der Waals surface area contributed by atoms with Crippen molar-refractivity contribution < 1.29 is 33.9 Å². The van der Waals surface area contributed by atoms with Crippen LogP contribution in [0.2, 0.25) is 0 Å². The Morgan fingerprint density at radius 3 is 2.27 bits per heavy atom. The van der Waals surface area contributed by atoms with Gasteiger partial charge in [0.2, 0.25) is 5.54 Å². The minimum Gasteiger partial charge on any atom is -0.481 e. The molecule has 1 saturated carbocycles. The van der Waals surface area contributed by atoms with E-state index in [4.69, 9.17) is 4.84 Å². The standard InChI is InChI=1S/C33H34N2O6/c36-30(37)27-19-24(17-22-7-3-1-4-8-22)11-12-26(27)21-41-34-29-14-16-35(29)32(40)33(35)15-13-25(20-28(33)31(38)39)18-23-9-5-2-6-10-23/h1-12,19,25,28-29,34H,13-18,20-21H2,(H-,36,37,38,39)/p+1. The average molecular weight is 556 g/mol. The van der Waals surface area contributed by atoms with Crippen molar-refractivity contribution in [1.29, 1.82) is 0 Å². The number of fused-ring (bicyclic) bond motifs is 1. The fourth-order valence-electron chi connectivity index (χ4n) is 7.37. The first kappa shape index (κ1) is 27.3. The predicted octanol–water partition coefficient (Wildman–Crippen LogP) is 4.57. The molecule has 3 aromatic rings. The summed E-state index contributed by atoms with van der Waals surface area (Å²) in [6, 6.07) is 25.3. The Kier molecular flexibility index (Phi) is 7.23. The van der Waals surface area contributed by atoms with Crippen LogP contribution >= 0.6 is 0 Å². The Hall–Kier alpha value is -3.85. The van der Waals surface area contributed by atoms with Gasteiger partial charge in [-0.2, -0.15) is 0 Å². The molecule has 0 radical (unpaired) electrons. The molecule has 5 unspecified atom stereocenters. The number of rotatable bonds is 10. The van der Waals surface area contributed by atoms with Gasteiger partial charge in [0.15, 0.2) is 6.17 Å². The summed E-state index contributed by atoms with van der Waals surface area (Å²) in [5.74, 6) is -2.44. The van der Waals surface area contributed by atoms with E-state index in [0.29, 0.717) is 37.8 Å². The van der Waals surface area contributed by atoms with E-state index in [0.717, 1.165) is 24.0 Å². The Bertz CT molecular complexity index is 1460. The number of carbonyl (C=O) groups excluding carboxylic acids is 1. The number of aromatic carboxylic acids is 1. The number of nitrogens with zero attached hydrogens (tertiary/aromatic N) is 1. The van der Waals surface area contributed by atoms with Crippen molar-refractivity contribution in [2.75, 3.05) is 6.54 Å². The normalized spacial score (nSPS) is 28.4. The summed E-state index contributed by atoms with van der Waals surface area (Å²) in [5.41, 5.74) is 6.01. The van der Waals surface area contributed by atoms with E-state index in [1.54, 1.807) is 12.1 Å². The van der Waals surface area contributed by atoms with Gasteiger partial charge in [-0.25, -0.2) is 14.1 Å². The van der Waals surface area contributed by atoms with Crippen LogP contribution in [0.5, 0.6) is 0 Å². The summed E-state index contributed by atoms with van der Waals surface area (Å²) in [6.45, 7) is 0.619. The average Bonchev–Trinajstić information content (AvgIpc) is 3.52. The van der Waals surface area contributed by atoms with Gasteiger partial charge in [-0.05, 0) is 59.9 Å². The monoisotopic (exact) mass is 555 g/mol. The van der Waals surface area contributed by atoms with E-state index in [1.165, 1.54) is 5.56 Å². The Balaban J connectivity index is 1.11. The van der Waals surface area contributed by atoms with Gasteiger partial charge in [0.25, 0.3) is 0 Å². The maximum atomic E-state index is 13.5. The minimum atomic E-state index is -1.03. The van der Waals surface area contributed by atoms with Gasteiger partial charge in [0.05, 0.1) is 25.1 Å². The first-order chi connectivity index (χ1) is 19.8. The molecule has 212 valence electrons. The number of benzene rings is 3. The Morgan fingerprint density at radius 2 is 1.63 bits per heavy atom. The molecule has 3 N–H and O–H groups in total. The summed E-state index contributed by atoms with van der Waals surface area (Å²) in [4.78, 5) is 43.8. The zero-order chi connectivity index (χ0) is 28.6. The molecule has 3 fully saturated rings. The smallest absolute Gasteiger partial charge is 0.378 e. The number of aliphatic carboxylic acids is 1. The van der Waals surface area contributed by atoms with E-state index in [9.17, 15) is 24.6 Å². The number of quaternary nitrogens is 1. The highest BCUT2D eigenvalue weighted by Gasteiger charge is 2.90. The van der Waals surface area contributed by atoms with Crippen molar-refractivity contribution in [3.63, 3.8) is 0 Å².